The number of hydrogen-bond acceptors (Lipinski definition) is 3. The first kappa shape index (κ1) is 16.1. The molecule has 2 rings (SSSR count). The summed E-state index contributed by atoms with van der Waals surface area (Å²) in [6.45, 7) is 1.99. The Morgan fingerprint density at radius 2 is 1.71 bits per heavy atom. The minimum absolute atomic E-state index is 0.348. The first-order valence-corrected chi connectivity index (χ1v) is 7.57. The zero-order valence-electron chi connectivity index (χ0n) is 12.1. The van der Waals surface area contributed by atoms with Crippen LogP contribution < -0.4 is 15.2 Å². The molecule has 1 unspecified atom stereocenters. The predicted octanol–water partition coefficient (Wildman–Crippen LogP) is 4.48. The lowest BCUT2D eigenvalue weighted by Gasteiger charge is -2.19. The van der Waals surface area contributed by atoms with Crippen molar-refractivity contribution in [2.45, 2.75) is 13.0 Å². The molecule has 0 aromatic heterocycles. The Kier molecular flexibility index (Phi) is 5.14. The third kappa shape index (κ3) is 3.51. The first-order valence-electron chi connectivity index (χ1n) is 6.40. The van der Waals surface area contributed by atoms with Crippen molar-refractivity contribution in [3.05, 3.63) is 56.5 Å². The molecule has 0 spiro atoms. The van der Waals surface area contributed by atoms with Gasteiger partial charge in [-0.25, -0.2) is 0 Å². The first-order chi connectivity index (χ1) is 9.96. The SMILES string of the molecule is COc1cc(C(N)c2cc(C)cc(Cl)c2)c(OC)cc1Br. The van der Waals surface area contributed by atoms with Crippen LogP contribution in [0.3, 0.4) is 0 Å². The Morgan fingerprint density at radius 3 is 2.29 bits per heavy atom. The molecule has 1 atom stereocenters. The normalized spacial score (nSPS) is 12.1. The van der Waals surface area contributed by atoms with Gasteiger partial charge in [0.25, 0.3) is 0 Å². The second-order valence-electron chi connectivity index (χ2n) is 4.77. The number of aryl methyl sites for hydroxylation is 1. The highest BCUT2D eigenvalue weighted by Gasteiger charge is 2.18. The number of hydrogen-bond donors (Lipinski definition) is 1. The number of nitrogens with two attached hydrogens (primary N) is 1. The van der Waals surface area contributed by atoms with Crippen LogP contribution in [0.1, 0.15) is 22.7 Å². The quantitative estimate of drug-likeness (QED) is 0.863. The van der Waals surface area contributed by atoms with Crippen LogP contribution >= 0.6 is 27.5 Å². The van der Waals surface area contributed by atoms with Gasteiger partial charge in [0.05, 0.1) is 24.7 Å². The molecule has 0 saturated carbocycles. The van der Waals surface area contributed by atoms with E-state index in [1.54, 1.807) is 14.2 Å². The van der Waals surface area contributed by atoms with Crippen molar-refractivity contribution in [3.8, 4) is 11.5 Å². The molecule has 0 aliphatic heterocycles. The average molecular weight is 371 g/mol. The van der Waals surface area contributed by atoms with Crippen LogP contribution in [-0.4, -0.2) is 14.2 Å². The van der Waals surface area contributed by atoms with Crippen molar-refractivity contribution in [1.82, 2.24) is 0 Å². The molecule has 0 aliphatic rings. The van der Waals surface area contributed by atoms with Crippen LogP contribution in [0, 0.1) is 6.92 Å². The Labute approximate surface area is 138 Å². The van der Waals surface area contributed by atoms with Crippen molar-refractivity contribution in [1.29, 1.82) is 0 Å². The molecule has 3 nitrogen and oxygen atoms in total. The highest BCUT2D eigenvalue weighted by Crippen LogP contribution is 2.37. The van der Waals surface area contributed by atoms with E-state index in [4.69, 9.17) is 26.8 Å². The summed E-state index contributed by atoms with van der Waals surface area (Å²) in [7, 11) is 3.24. The second kappa shape index (κ2) is 6.69. The zero-order chi connectivity index (χ0) is 15.6. The van der Waals surface area contributed by atoms with Gasteiger partial charge < -0.3 is 15.2 Å². The van der Waals surface area contributed by atoms with E-state index in [0.29, 0.717) is 16.5 Å². The zero-order valence-corrected chi connectivity index (χ0v) is 14.5. The fraction of sp³-hybridized carbons (Fsp3) is 0.250. The fourth-order valence-electron chi connectivity index (χ4n) is 2.25. The molecular weight excluding hydrogens is 354 g/mol. The van der Waals surface area contributed by atoms with Gasteiger partial charge in [-0.3, -0.25) is 0 Å². The molecule has 5 heteroatoms. The monoisotopic (exact) mass is 369 g/mol. The van der Waals surface area contributed by atoms with Crippen molar-refractivity contribution < 1.29 is 9.47 Å². The molecule has 0 heterocycles. The summed E-state index contributed by atoms with van der Waals surface area (Å²) in [5.41, 5.74) is 9.24. The minimum atomic E-state index is -0.348. The van der Waals surface area contributed by atoms with Crippen LogP contribution in [0.25, 0.3) is 0 Å². The maximum Gasteiger partial charge on any atom is 0.133 e. The molecule has 0 bridgehead atoms. The molecule has 112 valence electrons. The van der Waals surface area contributed by atoms with Crippen LogP contribution in [0.15, 0.2) is 34.8 Å². The van der Waals surface area contributed by atoms with Gasteiger partial charge in [0, 0.05) is 10.6 Å². The lowest BCUT2D eigenvalue weighted by atomic mass is 9.97. The maximum atomic E-state index is 6.39. The van der Waals surface area contributed by atoms with E-state index in [-0.39, 0.29) is 6.04 Å². The summed E-state index contributed by atoms with van der Waals surface area (Å²) in [6.07, 6.45) is 0. The molecule has 2 N–H and O–H groups in total. The number of methoxy groups -OCH3 is 2. The Hall–Kier alpha value is -1.23. The summed E-state index contributed by atoms with van der Waals surface area (Å²) in [4.78, 5) is 0. The predicted molar refractivity (Wildman–Crippen MR) is 89.5 cm³/mol. The minimum Gasteiger partial charge on any atom is -0.496 e. The molecule has 2 aromatic carbocycles. The highest BCUT2D eigenvalue weighted by atomic mass is 79.9. The molecular formula is C16H17BrClNO2. The Balaban J connectivity index is 2.53. The molecule has 21 heavy (non-hydrogen) atoms. The van der Waals surface area contributed by atoms with E-state index < -0.39 is 0 Å². The van der Waals surface area contributed by atoms with Crippen molar-refractivity contribution in [2.75, 3.05) is 14.2 Å². The maximum absolute atomic E-state index is 6.39. The lowest BCUT2D eigenvalue weighted by Crippen LogP contribution is -2.13. The molecule has 2 aromatic rings. The number of benzene rings is 2. The largest absolute Gasteiger partial charge is 0.496 e. The van der Waals surface area contributed by atoms with E-state index in [0.717, 1.165) is 21.2 Å². The summed E-state index contributed by atoms with van der Waals surface area (Å²) in [5.74, 6) is 1.41. The van der Waals surface area contributed by atoms with Crippen LogP contribution in [0.4, 0.5) is 0 Å². The van der Waals surface area contributed by atoms with Gasteiger partial charge >= 0.3 is 0 Å². The highest BCUT2D eigenvalue weighted by molar-refractivity contribution is 9.10. The van der Waals surface area contributed by atoms with Crippen molar-refractivity contribution in [3.63, 3.8) is 0 Å². The number of rotatable bonds is 4. The molecule has 0 radical (unpaired) electrons. The summed E-state index contributed by atoms with van der Waals surface area (Å²) in [5, 5.41) is 0.670. The average Bonchev–Trinajstić information content (AvgIpc) is 2.45. The molecule has 0 aliphatic carbocycles. The van der Waals surface area contributed by atoms with Gasteiger partial charge in [0.2, 0.25) is 0 Å². The Morgan fingerprint density at radius 1 is 1.05 bits per heavy atom. The second-order valence-corrected chi connectivity index (χ2v) is 6.06. The van der Waals surface area contributed by atoms with E-state index in [1.165, 1.54) is 0 Å². The van der Waals surface area contributed by atoms with Crippen molar-refractivity contribution in [2.24, 2.45) is 5.73 Å². The third-order valence-corrected chi connectivity index (χ3v) is 4.10. The van der Waals surface area contributed by atoms with E-state index in [9.17, 15) is 0 Å². The fourth-order valence-corrected chi connectivity index (χ4v) is 3.03. The summed E-state index contributed by atoms with van der Waals surface area (Å²) >= 11 is 9.56. The van der Waals surface area contributed by atoms with Gasteiger partial charge in [-0.05, 0) is 58.2 Å². The van der Waals surface area contributed by atoms with Crippen LogP contribution in [0.5, 0.6) is 11.5 Å². The lowest BCUT2D eigenvalue weighted by molar-refractivity contribution is 0.395. The summed E-state index contributed by atoms with van der Waals surface area (Å²) in [6, 6.07) is 9.17. The van der Waals surface area contributed by atoms with Gasteiger partial charge in [-0.1, -0.05) is 17.7 Å². The number of ether oxygens (including phenoxy) is 2. The van der Waals surface area contributed by atoms with E-state index in [2.05, 4.69) is 15.9 Å². The van der Waals surface area contributed by atoms with E-state index in [1.807, 2.05) is 37.3 Å². The Bertz CT molecular complexity index is 641. The van der Waals surface area contributed by atoms with Gasteiger partial charge in [0.1, 0.15) is 11.5 Å². The van der Waals surface area contributed by atoms with Gasteiger partial charge in [-0.15, -0.1) is 0 Å². The standard InChI is InChI=1S/C16H17BrClNO2/c1-9-4-10(6-11(18)5-9)16(19)12-7-15(21-3)13(17)8-14(12)20-2/h4-8,16H,19H2,1-3H3. The van der Waals surface area contributed by atoms with Crippen LogP contribution in [-0.2, 0) is 0 Å². The molecule has 0 amide bonds. The summed E-state index contributed by atoms with van der Waals surface area (Å²) < 4.78 is 11.6. The van der Waals surface area contributed by atoms with Crippen LogP contribution in [0.2, 0.25) is 5.02 Å². The topological polar surface area (TPSA) is 44.5 Å². The van der Waals surface area contributed by atoms with E-state index >= 15 is 0 Å². The molecule has 0 fully saturated rings. The number of halogens is 2. The van der Waals surface area contributed by atoms with Gasteiger partial charge in [0.15, 0.2) is 0 Å². The smallest absolute Gasteiger partial charge is 0.133 e. The third-order valence-electron chi connectivity index (χ3n) is 3.26. The van der Waals surface area contributed by atoms with Crippen molar-refractivity contribution >= 4 is 27.5 Å². The van der Waals surface area contributed by atoms with Gasteiger partial charge in [-0.2, -0.15) is 0 Å². The molecule has 0 saturated heterocycles.